The zero-order valence-electron chi connectivity index (χ0n) is 10.7. The Kier molecular flexibility index (Phi) is 3.55. The SMILES string of the molecule is C/C(=C\NC(=O)Nc1ccc(O)cc1C)C1CC1. The highest BCUT2D eigenvalue weighted by Crippen LogP contribution is 2.35. The quantitative estimate of drug-likeness (QED) is 0.717. The number of aromatic hydroxyl groups is 1. The summed E-state index contributed by atoms with van der Waals surface area (Å²) >= 11 is 0. The van der Waals surface area contributed by atoms with Crippen molar-refractivity contribution in [2.45, 2.75) is 26.7 Å². The number of rotatable bonds is 3. The molecule has 2 amide bonds. The number of carbonyl (C=O) groups excluding carboxylic acids is 1. The van der Waals surface area contributed by atoms with Gasteiger partial charge in [-0.15, -0.1) is 0 Å². The Hall–Kier alpha value is -1.97. The minimum Gasteiger partial charge on any atom is -0.508 e. The molecule has 0 radical (unpaired) electrons. The summed E-state index contributed by atoms with van der Waals surface area (Å²) in [6.07, 6.45) is 4.22. The Balaban J connectivity index is 1.92. The van der Waals surface area contributed by atoms with Crippen LogP contribution < -0.4 is 10.6 Å². The highest BCUT2D eigenvalue weighted by atomic mass is 16.3. The molecule has 0 heterocycles. The summed E-state index contributed by atoms with van der Waals surface area (Å²) in [5.74, 6) is 0.851. The van der Waals surface area contributed by atoms with Crippen LogP contribution in [0.3, 0.4) is 0 Å². The van der Waals surface area contributed by atoms with E-state index in [9.17, 15) is 9.90 Å². The molecule has 0 aromatic heterocycles. The van der Waals surface area contributed by atoms with E-state index < -0.39 is 0 Å². The largest absolute Gasteiger partial charge is 0.508 e. The minimum atomic E-state index is -0.260. The number of anilines is 1. The van der Waals surface area contributed by atoms with Crippen LogP contribution in [0.25, 0.3) is 0 Å². The Morgan fingerprint density at radius 3 is 2.78 bits per heavy atom. The molecule has 2 rings (SSSR count). The molecule has 1 aromatic carbocycles. The number of phenolic OH excluding ortho intramolecular Hbond substituents is 1. The normalized spacial score (nSPS) is 15.3. The molecule has 1 fully saturated rings. The second-order valence-electron chi connectivity index (χ2n) is 4.76. The Morgan fingerprint density at radius 2 is 2.17 bits per heavy atom. The lowest BCUT2D eigenvalue weighted by Crippen LogP contribution is -2.24. The Morgan fingerprint density at radius 1 is 1.44 bits per heavy atom. The molecule has 0 saturated heterocycles. The first kappa shape index (κ1) is 12.5. The number of aryl methyl sites for hydroxylation is 1. The average Bonchev–Trinajstić information content (AvgIpc) is 3.14. The molecule has 3 N–H and O–H groups in total. The number of allylic oxidation sites excluding steroid dienone is 1. The first-order valence-electron chi connectivity index (χ1n) is 6.10. The van der Waals surface area contributed by atoms with E-state index in [1.807, 2.05) is 13.8 Å². The maximum Gasteiger partial charge on any atom is 0.323 e. The van der Waals surface area contributed by atoms with Crippen LogP contribution in [0.1, 0.15) is 25.3 Å². The molecule has 0 atom stereocenters. The average molecular weight is 246 g/mol. The number of hydrogen-bond acceptors (Lipinski definition) is 2. The van der Waals surface area contributed by atoms with Gasteiger partial charge in [0.25, 0.3) is 0 Å². The van der Waals surface area contributed by atoms with Gasteiger partial charge in [-0.25, -0.2) is 4.79 Å². The summed E-state index contributed by atoms with van der Waals surface area (Å²) in [5.41, 5.74) is 2.74. The van der Waals surface area contributed by atoms with Crippen molar-refractivity contribution in [3.8, 4) is 5.75 Å². The van der Waals surface area contributed by atoms with Gasteiger partial charge in [0.2, 0.25) is 0 Å². The number of benzene rings is 1. The standard InChI is InChI=1S/C14H18N2O2/c1-9-7-12(17)5-6-13(9)16-14(18)15-8-10(2)11-3-4-11/h5-8,11,17H,3-4H2,1-2H3,(H2,15,16,18)/b10-8+. The smallest absolute Gasteiger partial charge is 0.323 e. The third-order valence-corrected chi connectivity index (χ3v) is 3.11. The lowest BCUT2D eigenvalue weighted by Gasteiger charge is -2.08. The van der Waals surface area contributed by atoms with Gasteiger partial charge in [-0.2, -0.15) is 0 Å². The lowest BCUT2D eigenvalue weighted by molar-refractivity contribution is 0.255. The predicted molar refractivity (Wildman–Crippen MR) is 71.5 cm³/mol. The van der Waals surface area contributed by atoms with Gasteiger partial charge in [0, 0.05) is 11.9 Å². The van der Waals surface area contributed by atoms with Crippen LogP contribution >= 0.6 is 0 Å². The van der Waals surface area contributed by atoms with Crippen LogP contribution in [-0.2, 0) is 0 Å². The van der Waals surface area contributed by atoms with Crippen molar-refractivity contribution in [2.75, 3.05) is 5.32 Å². The van der Waals surface area contributed by atoms with Gasteiger partial charge in [0.05, 0.1) is 0 Å². The molecule has 4 heteroatoms. The molecule has 1 aliphatic carbocycles. The van der Waals surface area contributed by atoms with Crippen molar-refractivity contribution in [2.24, 2.45) is 5.92 Å². The maximum absolute atomic E-state index is 11.7. The van der Waals surface area contributed by atoms with Gasteiger partial charge in [0.15, 0.2) is 0 Å². The third-order valence-electron chi connectivity index (χ3n) is 3.11. The number of hydrogen-bond donors (Lipinski definition) is 3. The highest BCUT2D eigenvalue weighted by molar-refractivity contribution is 5.90. The zero-order chi connectivity index (χ0) is 13.1. The van der Waals surface area contributed by atoms with E-state index in [0.29, 0.717) is 11.6 Å². The molecule has 0 aliphatic heterocycles. The number of carbonyl (C=O) groups is 1. The third kappa shape index (κ3) is 3.26. The van der Waals surface area contributed by atoms with Crippen molar-refractivity contribution >= 4 is 11.7 Å². The molecular weight excluding hydrogens is 228 g/mol. The number of amides is 2. The van der Waals surface area contributed by atoms with Crippen molar-refractivity contribution in [1.29, 1.82) is 0 Å². The fourth-order valence-electron chi connectivity index (χ4n) is 1.78. The van der Waals surface area contributed by atoms with E-state index in [0.717, 1.165) is 5.56 Å². The number of urea groups is 1. The van der Waals surface area contributed by atoms with Gasteiger partial charge in [-0.1, -0.05) is 5.57 Å². The maximum atomic E-state index is 11.7. The molecule has 1 aromatic rings. The molecule has 96 valence electrons. The summed E-state index contributed by atoms with van der Waals surface area (Å²) < 4.78 is 0. The predicted octanol–water partition coefficient (Wildman–Crippen LogP) is 3.14. The summed E-state index contributed by atoms with van der Waals surface area (Å²) in [4.78, 5) is 11.7. The monoisotopic (exact) mass is 246 g/mol. The fourth-order valence-corrected chi connectivity index (χ4v) is 1.78. The highest BCUT2D eigenvalue weighted by Gasteiger charge is 2.22. The Labute approximate surface area is 107 Å². The molecule has 0 unspecified atom stereocenters. The first-order valence-corrected chi connectivity index (χ1v) is 6.10. The number of phenols is 1. The molecule has 1 aliphatic rings. The van der Waals surface area contributed by atoms with E-state index in [4.69, 9.17) is 0 Å². The summed E-state index contributed by atoms with van der Waals surface area (Å²) in [7, 11) is 0. The van der Waals surface area contributed by atoms with Crippen LogP contribution in [-0.4, -0.2) is 11.1 Å². The fraction of sp³-hybridized carbons (Fsp3) is 0.357. The summed E-state index contributed by atoms with van der Waals surface area (Å²) in [6.45, 7) is 3.87. The van der Waals surface area contributed by atoms with Gasteiger partial charge < -0.3 is 15.7 Å². The molecule has 18 heavy (non-hydrogen) atoms. The molecular formula is C14H18N2O2. The molecule has 1 saturated carbocycles. The van der Waals surface area contributed by atoms with Gasteiger partial charge in [0.1, 0.15) is 5.75 Å². The van der Waals surface area contributed by atoms with Gasteiger partial charge in [-0.05, 0) is 56.4 Å². The van der Waals surface area contributed by atoms with Gasteiger partial charge >= 0.3 is 6.03 Å². The van der Waals surface area contributed by atoms with Crippen molar-refractivity contribution in [3.63, 3.8) is 0 Å². The van der Waals surface area contributed by atoms with Crippen LogP contribution in [0.2, 0.25) is 0 Å². The van der Waals surface area contributed by atoms with E-state index in [1.165, 1.54) is 18.4 Å². The lowest BCUT2D eigenvalue weighted by atomic mass is 10.2. The zero-order valence-corrected chi connectivity index (χ0v) is 10.7. The van der Waals surface area contributed by atoms with Crippen LogP contribution in [0.15, 0.2) is 30.0 Å². The van der Waals surface area contributed by atoms with E-state index >= 15 is 0 Å². The second-order valence-corrected chi connectivity index (χ2v) is 4.76. The van der Waals surface area contributed by atoms with Crippen LogP contribution in [0.5, 0.6) is 5.75 Å². The van der Waals surface area contributed by atoms with E-state index in [2.05, 4.69) is 10.6 Å². The molecule has 0 bridgehead atoms. The molecule has 0 spiro atoms. The van der Waals surface area contributed by atoms with Crippen LogP contribution in [0, 0.1) is 12.8 Å². The van der Waals surface area contributed by atoms with E-state index in [1.54, 1.807) is 24.4 Å². The summed E-state index contributed by atoms with van der Waals surface area (Å²) in [6, 6.07) is 4.58. The Bertz CT molecular complexity index is 491. The van der Waals surface area contributed by atoms with Crippen LogP contribution in [0.4, 0.5) is 10.5 Å². The van der Waals surface area contributed by atoms with Crippen molar-refractivity contribution in [1.82, 2.24) is 5.32 Å². The second kappa shape index (κ2) is 5.12. The topological polar surface area (TPSA) is 61.4 Å². The minimum absolute atomic E-state index is 0.197. The summed E-state index contributed by atoms with van der Waals surface area (Å²) in [5, 5.41) is 14.7. The van der Waals surface area contributed by atoms with Crippen molar-refractivity contribution in [3.05, 3.63) is 35.5 Å². The van der Waals surface area contributed by atoms with Crippen molar-refractivity contribution < 1.29 is 9.90 Å². The molecule has 4 nitrogen and oxygen atoms in total. The number of nitrogens with one attached hydrogen (secondary N) is 2. The van der Waals surface area contributed by atoms with Gasteiger partial charge in [-0.3, -0.25) is 0 Å². The van der Waals surface area contributed by atoms with E-state index in [-0.39, 0.29) is 11.8 Å². The first-order chi connectivity index (χ1) is 8.56.